The molecule has 0 aliphatic heterocycles. The van der Waals surface area contributed by atoms with Crippen molar-refractivity contribution in [3.63, 3.8) is 0 Å². The molecule has 0 aromatic carbocycles. The molecule has 0 spiro atoms. The summed E-state index contributed by atoms with van der Waals surface area (Å²) in [4.78, 5) is 2.20. The van der Waals surface area contributed by atoms with E-state index in [2.05, 4.69) is 15.1 Å². The molecule has 1 N–H and O–H groups in total. The Bertz CT molecular complexity index is 309. The summed E-state index contributed by atoms with van der Waals surface area (Å²) in [5.74, 6) is 1.34. The lowest BCUT2D eigenvalue weighted by Crippen LogP contribution is -2.28. The predicted molar refractivity (Wildman–Crippen MR) is 54.2 cm³/mol. The molecule has 1 aliphatic carbocycles. The van der Waals surface area contributed by atoms with Crippen LogP contribution >= 0.6 is 0 Å². The molecule has 1 fully saturated rings. The van der Waals surface area contributed by atoms with Gasteiger partial charge in [-0.15, -0.1) is 10.2 Å². The van der Waals surface area contributed by atoms with Gasteiger partial charge < -0.3 is 9.52 Å². The van der Waals surface area contributed by atoms with Gasteiger partial charge in [-0.25, -0.2) is 0 Å². The van der Waals surface area contributed by atoms with Gasteiger partial charge in [0, 0.05) is 19.0 Å². The van der Waals surface area contributed by atoms with E-state index < -0.39 is 0 Å². The number of aliphatic hydroxyl groups excluding tert-OH is 1. The molecule has 0 saturated heterocycles. The first-order chi connectivity index (χ1) is 7.33. The molecule has 0 bridgehead atoms. The maximum Gasteiger partial charge on any atom is 0.230 e. The summed E-state index contributed by atoms with van der Waals surface area (Å²) < 4.78 is 5.44. The van der Waals surface area contributed by atoms with Crippen molar-refractivity contribution in [1.82, 2.24) is 15.1 Å². The van der Waals surface area contributed by atoms with Crippen molar-refractivity contribution in [2.75, 3.05) is 13.2 Å². The van der Waals surface area contributed by atoms with Crippen LogP contribution in [0.2, 0.25) is 0 Å². The number of hydrogen-bond donors (Lipinski definition) is 1. The summed E-state index contributed by atoms with van der Waals surface area (Å²) in [5, 5.41) is 16.8. The number of hydrogen-bond acceptors (Lipinski definition) is 5. The standard InChI is InChI=1S/C10H17N3O2/c1-2-9-11-12-10(15-9)7-13(5-6-14)8-3-4-8/h8,14H,2-7H2,1H3. The topological polar surface area (TPSA) is 62.4 Å². The number of aromatic nitrogens is 2. The van der Waals surface area contributed by atoms with E-state index in [4.69, 9.17) is 9.52 Å². The zero-order valence-electron chi connectivity index (χ0n) is 9.02. The lowest BCUT2D eigenvalue weighted by atomic mass is 10.4. The van der Waals surface area contributed by atoms with Gasteiger partial charge in [-0.3, -0.25) is 4.90 Å². The first-order valence-corrected chi connectivity index (χ1v) is 5.49. The van der Waals surface area contributed by atoms with E-state index in [-0.39, 0.29) is 6.61 Å². The first-order valence-electron chi connectivity index (χ1n) is 5.49. The van der Waals surface area contributed by atoms with Crippen LogP contribution in [0.5, 0.6) is 0 Å². The highest BCUT2D eigenvalue weighted by Gasteiger charge is 2.29. The van der Waals surface area contributed by atoms with Crippen molar-refractivity contribution >= 4 is 0 Å². The van der Waals surface area contributed by atoms with Gasteiger partial charge in [0.25, 0.3) is 0 Å². The summed E-state index contributed by atoms with van der Waals surface area (Å²) in [6, 6.07) is 0.606. The molecule has 1 saturated carbocycles. The Morgan fingerprint density at radius 1 is 1.40 bits per heavy atom. The molecule has 0 atom stereocenters. The number of nitrogens with zero attached hydrogens (tertiary/aromatic N) is 3. The van der Waals surface area contributed by atoms with Crippen molar-refractivity contribution in [2.45, 2.75) is 38.8 Å². The van der Waals surface area contributed by atoms with E-state index >= 15 is 0 Å². The number of aliphatic hydroxyl groups is 1. The van der Waals surface area contributed by atoms with Crippen molar-refractivity contribution in [3.8, 4) is 0 Å². The highest BCUT2D eigenvalue weighted by Crippen LogP contribution is 2.27. The zero-order valence-corrected chi connectivity index (χ0v) is 9.02. The van der Waals surface area contributed by atoms with E-state index in [1.807, 2.05) is 6.92 Å². The van der Waals surface area contributed by atoms with E-state index in [0.717, 1.165) is 6.42 Å². The quantitative estimate of drug-likeness (QED) is 0.746. The van der Waals surface area contributed by atoms with Crippen LogP contribution in [0.15, 0.2) is 4.42 Å². The van der Waals surface area contributed by atoms with Crippen LogP contribution in [0.1, 0.15) is 31.5 Å². The summed E-state index contributed by atoms with van der Waals surface area (Å²) in [6.45, 7) is 3.53. The Morgan fingerprint density at radius 3 is 2.67 bits per heavy atom. The van der Waals surface area contributed by atoms with Crippen molar-refractivity contribution in [2.24, 2.45) is 0 Å². The monoisotopic (exact) mass is 211 g/mol. The molecule has 5 nitrogen and oxygen atoms in total. The normalized spacial score (nSPS) is 16.2. The largest absolute Gasteiger partial charge is 0.424 e. The smallest absolute Gasteiger partial charge is 0.230 e. The maximum atomic E-state index is 8.93. The third-order valence-electron chi connectivity index (χ3n) is 2.60. The van der Waals surface area contributed by atoms with Gasteiger partial charge >= 0.3 is 0 Å². The number of aryl methyl sites for hydroxylation is 1. The van der Waals surface area contributed by atoms with Gasteiger partial charge in [0.15, 0.2) is 0 Å². The summed E-state index contributed by atoms with van der Waals surface area (Å²) in [6.07, 6.45) is 3.21. The Balaban J connectivity index is 1.92. The molecule has 0 unspecified atom stereocenters. The van der Waals surface area contributed by atoms with Crippen LogP contribution < -0.4 is 0 Å². The van der Waals surface area contributed by atoms with Crippen LogP contribution in [0.3, 0.4) is 0 Å². The fourth-order valence-electron chi connectivity index (χ4n) is 1.63. The van der Waals surface area contributed by atoms with Gasteiger partial charge in [0.1, 0.15) is 0 Å². The van der Waals surface area contributed by atoms with Crippen molar-refractivity contribution in [3.05, 3.63) is 11.8 Å². The summed E-state index contributed by atoms with van der Waals surface area (Å²) >= 11 is 0. The third kappa shape index (κ3) is 2.76. The number of rotatable bonds is 6. The van der Waals surface area contributed by atoms with Crippen LogP contribution in [-0.2, 0) is 13.0 Å². The second kappa shape index (κ2) is 4.72. The fraction of sp³-hybridized carbons (Fsp3) is 0.800. The fourth-order valence-corrected chi connectivity index (χ4v) is 1.63. The molecule has 1 heterocycles. The van der Waals surface area contributed by atoms with Crippen molar-refractivity contribution < 1.29 is 9.52 Å². The SMILES string of the molecule is CCc1nnc(CN(CCO)C2CC2)o1. The highest BCUT2D eigenvalue weighted by molar-refractivity contribution is 4.88. The average molecular weight is 211 g/mol. The second-order valence-electron chi connectivity index (χ2n) is 3.87. The molecule has 84 valence electrons. The molecule has 1 aromatic heterocycles. The minimum absolute atomic E-state index is 0.186. The van der Waals surface area contributed by atoms with Gasteiger partial charge in [0.2, 0.25) is 11.8 Å². The van der Waals surface area contributed by atoms with Crippen LogP contribution in [-0.4, -0.2) is 39.4 Å². The average Bonchev–Trinajstić information content (AvgIpc) is 2.99. The Morgan fingerprint density at radius 2 is 2.13 bits per heavy atom. The lowest BCUT2D eigenvalue weighted by Gasteiger charge is -2.17. The van der Waals surface area contributed by atoms with E-state index in [9.17, 15) is 0 Å². The van der Waals surface area contributed by atoms with Gasteiger partial charge in [-0.05, 0) is 12.8 Å². The Hall–Kier alpha value is -0.940. The molecule has 5 heteroatoms. The molecule has 1 aliphatic rings. The van der Waals surface area contributed by atoms with E-state index in [1.165, 1.54) is 12.8 Å². The summed E-state index contributed by atoms with van der Waals surface area (Å²) in [5.41, 5.74) is 0. The zero-order chi connectivity index (χ0) is 10.7. The van der Waals surface area contributed by atoms with Gasteiger partial charge in [-0.1, -0.05) is 6.92 Å². The van der Waals surface area contributed by atoms with Gasteiger partial charge in [-0.2, -0.15) is 0 Å². The van der Waals surface area contributed by atoms with Crippen LogP contribution in [0.4, 0.5) is 0 Å². The lowest BCUT2D eigenvalue weighted by molar-refractivity contribution is 0.170. The highest BCUT2D eigenvalue weighted by atomic mass is 16.4. The Kier molecular flexibility index (Phi) is 3.33. The molecular weight excluding hydrogens is 194 g/mol. The molecule has 15 heavy (non-hydrogen) atoms. The molecule has 0 amide bonds. The van der Waals surface area contributed by atoms with E-state index in [0.29, 0.717) is 30.9 Å². The predicted octanol–water partition coefficient (Wildman–Crippen LogP) is 0.589. The third-order valence-corrected chi connectivity index (χ3v) is 2.60. The van der Waals surface area contributed by atoms with Crippen molar-refractivity contribution in [1.29, 1.82) is 0 Å². The molecule has 0 radical (unpaired) electrons. The van der Waals surface area contributed by atoms with Crippen LogP contribution in [0.25, 0.3) is 0 Å². The minimum Gasteiger partial charge on any atom is -0.424 e. The van der Waals surface area contributed by atoms with Crippen LogP contribution in [0, 0.1) is 0 Å². The minimum atomic E-state index is 0.186. The van der Waals surface area contributed by atoms with Gasteiger partial charge in [0.05, 0.1) is 13.2 Å². The van der Waals surface area contributed by atoms with E-state index in [1.54, 1.807) is 0 Å². The first kappa shape index (κ1) is 10.6. The second-order valence-corrected chi connectivity index (χ2v) is 3.87. The Labute approximate surface area is 89.1 Å². The molecule has 1 aromatic rings. The molecule has 2 rings (SSSR count). The maximum absolute atomic E-state index is 8.93. The summed E-state index contributed by atoms with van der Waals surface area (Å²) in [7, 11) is 0. The molecular formula is C10H17N3O2.